The number of aryl methyl sites for hydroxylation is 1. The fourth-order valence-electron chi connectivity index (χ4n) is 2.07. The van der Waals surface area contributed by atoms with Gasteiger partial charge in [0.25, 0.3) is 0 Å². The Balaban J connectivity index is 1.78. The molecule has 1 saturated heterocycles. The molecule has 1 aliphatic heterocycles. The maximum absolute atomic E-state index is 3.55. The molecule has 1 aromatic rings. The second kappa shape index (κ2) is 5.69. The zero-order valence-electron chi connectivity index (χ0n) is 9.80. The third-order valence-corrected chi connectivity index (χ3v) is 3.98. The summed E-state index contributed by atoms with van der Waals surface area (Å²) in [5, 5.41) is 3.47. The van der Waals surface area contributed by atoms with Crippen LogP contribution in [0.4, 0.5) is 5.69 Å². The Hall–Kier alpha value is -0.540. The molecule has 0 amide bonds. The highest BCUT2D eigenvalue weighted by atomic mass is 79.9. The van der Waals surface area contributed by atoms with E-state index >= 15 is 0 Å². The van der Waals surface area contributed by atoms with Crippen molar-refractivity contribution in [1.29, 1.82) is 0 Å². The summed E-state index contributed by atoms with van der Waals surface area (Å²) in [4.78, 5) is 2.52. The van der Waals surface area contributed by atoms with Crippen LogP contribution in [-0.4, -0.2) is 31.1 Å². The van der Waals surface area contributed by atoms with Crippen molar-refractivity contribution < 1.29 is 0 Å². The molecular formula is C13H19BrN2. The molecule has 16 heavy (non-hydrogen) atoms. The van der Waals surface area contributed by atoms with Gasteiger partial charge in [-0.3, -0.25) is 0 Å². The molecule has 1 N–H and O–H groups in total. The van der Waals surface area contributed by atoms with Crippen molar-refractivity contribution in [3.8, 4) is 0 Å². The number of likely N-dealkylation sites (tertiary alicyclic amines) is 1. The molecular weight excluding hydrogens is 264 g/mol. The molecule has 0 aliphatic carbocycles. The Kier molecular flexibility index (Phi) is 4.24. The van der Waals surface area contributed by atoms with Crippen molar-refractivity contribution in [2.75, 3.05) is 31.5 Å². The van der Waals surface area contributed by atoms with Gasteiger partial charge in [0.15, 0.2) is 0 Å². The molecule has 0 bridgehead atoms. The standard InChI is InChI=1S/C13H19BrN2/c1-11-4-5-12(10-13(11)14)15-6-9-16-7-2-3-8-16/h4-5,10,15H,2-3,6-9H2,1H3. The van der Waals surface area contributed by atoms with Gasteiger partial charge in [-0.2, -0.15) is 0 Å². The summed E-state index contributed by atoms with van der Waals surface area (Å²) in [6, 6.07) is 6.44. The van der Waals surface area contributed by atoms with Crippen LogP contribution in [0.25, 0.3) is 0 Å². The van der Waals surface area contributed by atoms with Gasteiger partial charge in [0, 0.05) is 23.2 Å². The molecule has 2 rings (SSSR count). The quantitative estimate of drug-likeness (QED) is 0.912. The Morgan fingerprint density at radius 1 is 1.31 bits per heavy atom. The Bertz CT molecular complexity index is 346. The van der Waals surface area contributed by atoms with E-state index in [9.17, 15) is 0 Å². The summed E-state index contributed by atoms with van der Waals surface area (Å²) in [5.74, 6) is 0. The number of benzene rings is 1. The average Bonchev–Trinajstić information content (AvgIpc) is 2.76. The number of nitrogens with zero attached hydrogens (tertiary/aromatic N) is 1. The number of halogens is 1. The van der Waals surface area contributed by atoms with Crippen molar-refractivity contribution in [1.82, 2.24) is 4.90 Å². The zero-order chi connectivity index (χ0) is 11.4. The smallest absolute Gasteiger partial charge is 0.0352 e. The van der Waals surface area contributed by atoms with E-state index in [1.807, 2.05) is 0 Å². The molecule has 0 saturated carbocycles. The third kappa shape index (κ3) is 3.22. The number of nitrogens with one attached hydrogen (secondary N) is 1. The first-order valence-electron chi connectivity index (χ1n) is 5.98. The van der Waals surface area contributed by atoms with Crippen LogP contribution in [0.3, 0.4) is 0 Å². The van der Waals surface area contributed by atoms with Crippen LogP contribution in [-0.2, 0) is 0 Å². The molecule has 1 fully saturated rings. The lowest BCUT2D eigenvalue weighted by Gasteiger charge is -2.15. The highest BCUT2D eigenvalue weighted by Gasteiger charge is 2.10. The summed E-state index contributed by atoms with van der Waals surface area (Å²) < 4.78 is 1.18. The van der Waals surface area contributed by atoms with Crippen LogP contribution in [0.5, 0.6) is 0 Å². The van der Waals surface area contributed by atoms with Crippen molar-refractivity contribution in [2.24, 2.45) is 0 Å². The molecule has 1 aliphatic rings. The Labute approximate surface area is 106 Å². The van der Waals surface area contributed by atoms with Crippen molar-refractivity contribution in [3.05, 3.63) is 28.2 Å². The van der Waals surface area contributed by atoms with E-state index in [0.717, 1.165) is 13.1 Å². The van der Waals surface area contributed by atoms with Gasteiger partial charge >= 0.3 is 0 Å². The van der Waals surface area contributed by atoms with E-state index in [1.165, 1.54) is 41.7 Å². The number of hydrogen-bond donors (Lipinski definition) is 1. The van der Waals surface area contributed by atoms with Gasteiger partial charge in [-0.1, -0.05) is 22.0 Å². The minimum absolute atomic E-state index is 1.04. The van der Waals surface area contributed by atoms with Crippen molar-refractivity contribution >= 4 is 21.6 Å². The molecule has 88 valence electrons. The van der Waals surface area contributed by atoms with E-state index in [1.54, 1.807) is 0 Å². The van der Waals surface area contributed by atoms with E-state index in [0.29, 0.717) is 0 Å². The van der Waals surface area contributed by atoms with Gasteiger partial charge in [0.2, 0.25) is 0 Å². The monoisotopic (exact) mass is 282 g/mol. The largest absolute Gasteiger partial charge is 0.384 e. The molecule has 2 nitrogen and oxygen atoms in total. The molecule has 0 radical (unpaired) electrons. The van der Waals surface area contributed by atoms with Crippen LogP contribution in [0.1, 0.15) is 18.4 Å². The van der Waals surface area contributed by atoms with E-state index in [4.69, 9.17) is 0 Å². The highest BCUT2D eigenvalue weighted by Crippen LogP contribution is 2.20. The van der Waals surface area contributed by atoms with Crippen LogP contribution >= 0.6 is 15.9 Å². The zero-order valence-corrected chi connectivity index (χ0v) is 11.4. The van der Waals surface area contributed by atoms with Gasteiger partial charge in [0.05, 0.1) is 0 Å². The lowest BCUT2D eigenvalue weighted by atomic mass is 10.2. The summed E-state index contributed by atoms with van der Waals surface area (Å²) in [6.07, 6.45) is 2.74. The van der Waals surface area contributed by atoms with Gasteiger partial charge in [-0.15, -0.1) is 0 Å². The molecule has 0 aromatic heterocycles. The van der Waals surface area contributed by atoms with Gasteiger partial charge in [0.1, 0.15) is 0 Å². The van der Waals surface area contributed by atoms with Gasteiger partial charge in [-0.25, -0.2) is 0 Å². The van der Waals surface area contributed by atoms with E-state index < -0.39 is 0 Å². The minimum Gasteiger partial charge on any atom is -0.384 e. The molecule has 1 heterocycles. The summed E-state index contributed by atoms with van der Waals surface area (Å²) in [5.41, 5.74) is 2.49. The van der Waals surface area contributed by atoms with Crippen LogP contribution < -0.4 is 5.32 Å². The second-order valence-electron chi connectivity index (χ2n) is 4.44. The number of rotatable bonds is 4. The molecule has 0 atom stereocenters. The lowest BCUT2D eigenvalue weighted by molar-refractivity contribution is 0.352. The first-order chi connectivity index (χ1) is 7.75. The van der Waals surface area contributed by atoms with Crippen LogP contribution in [0.15, 0.2) is 22.7 Å². The van der Waals surface area contributed by atoms with E-state index in [2.05, 4.69) is 51.3 Å². The summed E-state index contributed by atoms with van der Waals surface area (Å²) in [7, 11) is 0. The number of hydrogen-bond acceptors (Lipinski definition) is 2. The average molecular weight is 283 g/mol. The molecule has 0 spiro atoms. The van der Waals surface area contributed by atoms with Gasteiger partial charge < -0.3 is 10.2 Å². The first-order valence-corrected chi connectivity index (χ1v) is 6.77. The SMILES string of the molecule is Cc1ccc(NCCN2CCCC2)cc1Br. The maximum atomic E-state index is 3.55. The normalized spacial score (nSPS) is 16.6. The fraction of sp³-hybridized carbons (Fsp3) is 0.538. The topological polar surface area (TPSA) is 15.3 Å². The van der Waals surface area contributed by atoms with Crippen LogP contribution in [0.2, 0.25) is 0 Å². The first kappa shape index (κ1) is 11.9. The summed E-state index contributed by atoms with van der Waals surface area (Å²) >= 11 is 3.55. The predicted molar refractivity (Wildman–Crippen MR) is 73.0 cm³/mol. The van der Waals surface area contributed by atoms with Crippen molar-refractivity contribution in [2.45, 2.75) is 19.8 Å². The van der Waals surface area contributed by atoms with E-state index in [-0.39, 0.29) is 0 Å². The number of anilines is 1. The minimum atomic E-state index is 1.04. The summed E-state index contributed by atoms with van der Waals surface area (Å²) in [6.45, 7) is 6.86. The van der Waals surface area contributed by atoms with Crippen molar-refractivity contribution in [3.63, 3.8) is 0 Å². The maximum Gasteiger partial charge on any atom is 0.0352 e. The lowest BCUT2D eigenvalue weighted by Crippen LogP contribution is -2.25. The Morgan fingerprint density at radius 2 is 2.06 bits per heavy atom. The second-order valence-corrected chi connectivity index (χ2v) is 5.29. The molecule has 0 unspecified atom stereocenters. The molecule has 3 heteroatoms. The van der Waals surface area contributed by atoms with Gasteiger partial charge in [-0.05, 0) is 50.6 Å². The third-order valence-electron chi connectivity index (χ3n) is 3.13. The predicted octanol–water partition coefficient (Wildman–Crippen LogP) is 3.27. The molecule has 1 aromatic carbocycles. The fourth-order valence-corrected chi connectivity index (χ4v) is 2.45. The highest BCUT2D eigenvalue weighted by molar-refractivity contribution is 9.10. The Morgan fingerprint density at radius 3 is 2.75 bits per heavy atom. The van der Waals surface area contributed by atoms with Crippen LogP contribution in [0, 0.1) is 6.92 Å².